The molecule has 0 spiro atoms. The van der Waals surface area contributed by atoms with Crippen LogP contribution >= 0.6 is 0 Å². The molecule has 0 aliphatic carbocycles. The second-order valence-corrected chi connectivity index (χ2v) is 9.49. The maximum Gasteiger partial charge on any atom is 0.430 e. The number of benzene rings is 3. The molecule has 3 aromatic rings. The Balaban J connectivity index is 1.83. The fourth-order valence-electron chi connectivity index (χ4n) is 3.38. The molecule has 0 bridgehead atoms. The topological polar surface area (TPSA) is 110 Å². The molecule has 0 radical (unpaired) electrons. The Morgan fingerprint density at radius 3 is 2.00 bits per heavy atom. The zero-order valence-corrected chi connectivity index (χ0v) is 19.0. The van der Waals surface area contributed by atoms with Gasteiger partial charge in [-0.2, -0.15) is 26.3 Å². The summed E-state index contributed by atoms with van der Waals surface area (Å²) in [7, 11) is -4.05. The van der Waals surface area contributed by atoms with Crippen molar-refractivity contribution in [1.29, 1.82) is 0 Å². The van der Waals surface area contributed by atoms with E-state index in [4.69, 9.17) is 0 Å². The molecule has 7 nitrogen and oxygen atoms in total. The van der Waals surface area contributed by atoms with Crippen LogP contribution in [0.4, 0.5) is 42.1 Å². The van der Waals surface area contributed by atoms with E-state index in [0.717, 1.165) is 30.3 Å². The first-order valence-electron chi connectivity index (χ1n) is 9.95. The highest BCUT2D eigenvalue weighted by molar-refractivity contribution is 7.91. The molecule has 15 heteroatoms. The maximum absolute atomic E-state index is 14.5. The van der Waals surface area contributed by atoms with Crippen LogP contribution in [0.1, 0.15) is 11.1 Å². The summed E-state index contributed by atoms with van der Waals surface area (Å²) in [5.41, 5.74) is -7.70. The van der Waals surface area contributed by atoms with Crippen LogP contribution in [0.15, 0.2) is 66.7 Å². The second kappa shape index (κ2) is 9.63. The van der Waals surface area contributed by atoms with Crippen molar-refractivity contribution in [2.75, 3.05) is 4.72 Å². The van der Waals surface area contributed by atoms with Gasteiger partial charge >= 0.3 is 12.4 Å². The summed E-state index contributed by atoms with van der Waals surface area (Å²) >= 11 is 0. The standard InChI is InChI=1S/C22H15F7N2O5S/c23-19-11-15(20(32,21(24,25)26)22(27,28)29)6-9-18(19)14-4-7-16(8-5-14)30-37(35,36)12-13-2-1-3-17(10-13)31(33)34/h1-11,30,32H,12H2. The minimum Gasteiger partial charge on any atom is -0.369 e. The SMILES string of the molecule is O=[N+]([O-])c1cccc(CS(=O)(=O)Nc2ccc(-c3ccc(C(O)(C(F)(F)F)C(F)(F)F)cc3F)cc2)c1. The van der Waals surface area contributed by atoms with E-state index in [1.165, 1.54) is 18.2 Å². The number of hydrogen-bond acceptors (Lipinski definition) is 5. The number of halogens is 7. The van der Waals surface area contributed by atoms with E-state index in [1.54, 1.807) is 0 Å². The number of anilines is 1. The quantitative estimate of drug-likeness (QED) is 0.224. The molecule has 3 aromatic carbocycles. The van der Waals surface area contributed by atoms with Crippen molar-refractivity contribution < 1.29 is 49.2 Å². The van der Waals surface area contributed by atoms with Crippen molar-refractivity contribution in [2.45, 2.75) is 23.7 Å². The van der Waals surface area contributed by atoms with E-state index >= 15 is 0 Å². The fourth-order valence-corrected chi connectivity index (χ4v) is 4.56. The zero-order chi connectivity index (χ0) is 27.8. The predicted molar refractivity (Wildman–Crippen MR) is 117 cm³/mol. The molecule has 0 saturated carbocycles. The normalized spacial score (nSPS) is 12.9. The first kappa shape index (κ1) is 27.9. The number of alkyl halides is 6. The summed E-state index contributed by atoms with van der Waals surface area (Å²) in [5.74, 6) is -2.11. The van der Waals surface area contributed by atoms with Crippen LogP contribution in [-0.4, -0.2) is 30.8 Å². The molecule has 0 fully saturated rings. The molecule has 37 heavy (non-hydrogen) atoms. The third-order valence-corrected chi connectivity index (χ3v) is 6.41. The minimum absolute atomic E-state index is 0.0188. The molecule has 0 aromatic heterocycles. The summed E-state index contributed by atoms with van der Waals surface area (Å²) in [4.78, 5) is 10.1. The molecule has 0 aliphatic rings. The van der Waals surface area contributed by atoms with Crippen molar-refractivity contribution in [2.24, 2.45) is 0 Å². The van der Waals surface area contributed by atoms with Gasteiger partial charge in [0.15, 0.2) is 0 Å². The number of aliphatic hydroxyl groups is 1. The number of nitro benzene ring substituents is 1. The third-order valence-electron chi connectivity index (χ3n) is 5.15. The van der Waals surface area contributed by atoms with Crippen molar-refractivity contribution in [3.8, 4) is 11.1 Å². The fraction of sp³-hybridized carbons (Fsp3) is 0.182. The smallest absolute Gasteiger partial charge is 0.369 e. The number of nitrogens with one attached hydrogen (secondary N) is 1. The lowest BCUT2D eigenvalue weighted by atomic mass is 9.90. The summed E-state index contributed by atoms with van der Waals surface area (Å²) in [6, 6.07) is 10.4. The average molecular weight is 552 g/mol. The van der Waals surface area contributed by atoms with Gasteiger partial charge in [-0.15, -0.1) is 0 Å². The molecular formula is C22H15F7N2O5S. The molecular weight excluding hydrogens is 537 g/mol. The minimum atomic E-state index is -6.18. The summed E-state index contributed by atoms with van der Waals surface area (Å²) in [6.07, 6.45) is -12.4. The number of hydrogen-bond donors (Lipinski definition) is 2. The molecule has 0 heterocycles. The molecule has 198 valence electrons. The van der Waals surface area contributed by atoms with Crippen molar-refractivity contribution >= 4 is 21.4 Å². The highest BCUT2D eigenvalue weighted by Crippen LogP contribution is 2.50. The maximum atomic E-state index is 14.5. The van der Waals surface area contributed by atoms with Gasteiger partial charge in [-0.3, -0.25) is 14.8 Å². The number of nitrogens with zero attached hydrogens (tertiary/aromatic N) is 1. The number of non-ortho nitro benzene ring substituents is 1. The summed E-state index contributed by atoms with van der Waals surface area (Å²) in [6.45, 7) is 0. The van der Waals surface area contributed by atoms with E-state index in [0.29, 0.717) is 6.07 Å². The van der Waals surface area contributed by atoms with E-state index in [1.807, 2.05) is 0 Å². The van der Waals surface area contributed by atoms with Gasteiger partial charge in [0, 0.05) is 28.9 Å². The second-order valence-electron chi connectivity index (χ2n) is 7.77. The lowest BCUT2D eigenvalue weighted by Gasteiger charge is -2.32. The first-order valence-corrected chi connectivity index (χ1v) is 11.6. The molecule has 0 unspecified atom stereocenters. The van der Waals surface area contributed by atoms with Gasteiger partial charge in [0.05, 0.1) is 10.7 Å². The lowest BCUT2D eigenvalue weighted by Crippen LogP contribution is -2.53. The first-order chi connectivity index (χ1) is 16.9. The monoisotopic (exact) mass is 552 g/mol. The molecule has 0 saturated heterocycles. The average Bonchev–Trinajstić information content (AvgIpc) is 2.77. The Labute approximate surface area is 204 Å². The van der Waals surface area contributed by atoms with Gasteiger partial charge in [0.1, 0.15) is 5.82 Å². The Morgan fingerprint density at radius 2 is 1.49 bits per heavy atom. The van der Waals surface area contributed by atoms with Crippen LogP contribution in [-0.2, 0) is 21.4 Å². The van der Waals surface area contributed by atoms with Crippen LogP contribution in [0.5, 0.6) is 0 Å². The molecule has 0 aliphatic heterocycles. The Morgan fingerprint density at radius 1 is 0.892 bits per heavy atom. The molecule has 3 rings (SSSR count). The number of nitro groups is 1. The Kier molecular flexibility index (Phi) is 7.25. The Hall–Kier alpha value is -3.72. The van der Waals surface area contributed by atoms with Gasteiger partial charge in [-0.1, -0.05) is 36.4 Å². The lowest BCUT2D eigenvalue weighted by molar-refractivity contribution is -0.384. The van der Waals surface area contributed by atoms with Crippen molar-refractivity contribution in [3.63, 3.8) is 0 Å². The largest absolute Gasteiger partial charge is 0.430 e. The zero-order valence-electron chi connectivity index (χ0n) is 18.1. The summed E-state index contributed by atoms with van der Waals surface area (Å²) in [5, 5.41) is 20.3. The highest BCUT2D eigenvalue weighted by atomic mass is 32.2. The van der Waals surface area contributed by atoms with Crippen LogP contribution in [0.25, 0.3) is 11.1 Å². The van der Waals surface area contributed by atoms with E-state index in [2.05, 4.69) is 4.72 Å². The van der Waals surface area contributed by atoms with Crippen LogP contribution in [0.2, 0.25) is 0 Å². The molecule has 0 atom stereocenters. The number of sulfonamides is 1. The van der Waals surface area contributed by atoms with E-state index in [-0.39, 0.29) is 34.6 Å². The Bertz CT molecular complexity index is 1410. The van der Waals surface area contributed by atoms with Crippen LogP contribution in [0.3, 0.4) is 0 Å². The predicted octanol–water partition coefficient (Wildman–Crippen LogP) is 5.66. The van der Waals surface area contributed by atoms with Crippen LogP contribution in [0, 0.1) is 15.9 Å². The van der Waals surface area contributed by atoms with E-state index in [9.17, 15) is 54.4 Å². The van der Waals surface area contributed by atoms with Crippen molar-refractivity contribution in [1.82, 2.24) is 0 Å². The van der Waals surface area contributed by atoms with Crippen molar-refractivity contribution in [3.05, 3.63) is 93.8 Å². The van der Waals surface area contributed by atoms with Gasteiger partial charge < -0.3 is 5.11 Å². The molecule has 2 N–H and O–H groups in total. The third kappa shape index (κ3) is 5.83. The van der Waals surface area contributed by atoms with Gasteiger partial charge in [0.25, 0.3) is 11.3 Å². The number of rotatable bonds is 7. The van der Waals surface area contributed by atoms with Gasteiger partial charge in [-0.05, 0) is 29.3 Å². The highest BCUT2D eigenvalue weighted by Gasteiger charge is 2.71. The summed E-state index contributed by atoms with van der Waals surface area (Å²) < 4.78 is 120. The van der Waals surface area contributed by atoms with Crippen LogP contribution < -0.4 is 4.72 Å². The van der Waals surface area contributed by atoms with Gasteiger partial charge in [0.2, 0.25) is 10.0 Å². The van der Waals surface area contributed by atoms with Gasteiger partial charge in [-0.25, -0.2) is 12.8 Å². The molecule has 0 amide bonds. The van der Waals surface area contributed by atoms with E-state index < -0.39 is 55.6 Å².